The van der Waals surface area contributed by atoms with E-state index in [0.29, 0.717) is 5.92 Å². The van der Waals surface area contributed by atoms with E-state index in [9.17, 15) is 14.9 Å². The number of methoxy groups -OCH3 is 1. The molecule has 9 heteroatoms. The number of nitro groups is 1. The fraction of sp³-hybridized carbons (Fsp3) is 0.650. The number of benzene rings is 1. The number of nitrogens with zero attached hydrogens (tertiary/aromatic N) is 4. The maximum absolute atomic E-state index is 12.0. The molecule has 2 heterocycles. The average molecular weight is 406 g/mol. The molecule has 0 atom stereocenters. The van der Waals surface area contributed by atoms with E-state index < -0.39 is 10.5 Å². The first-order valence-electron chi connectivity index (χ1n) is 9.94. The Labute approximate surface area is 171 Å². The van der Waals surface area contributed by atoms with Crippen LogP contribution in [0, 0.1) is 16.0 Å². The number of likely N-dealkylation sites (tertiary alicyclic amines) is 1. The minimum atomic E-state index is -0.459. The fourth-order valence-corrected chi connectivity index (χ4v) is 3.73. The fourth-order valence-electron chi connectivity index (χ4n) is 3.73. The summed E-state index contributed by atoms with van der Waals surface area (Å²) in [5, 5.41) is 11.1. The summed E-state index contributed by atoms with van der Waals surface area (Å²) in [6.45, 7) is 11.6. The Morgan fingerprint density at radius 2 is 1.86 bits per heavy atom. The van der Waals surface area contributed by atoms with Gasteiger partial charge in [0, 0.05) is 69.6 Å². The lowest BCUT2D eigenvalue weighted by atomic mass is 10.00. The predicted molar refractivity (Wildman–Crippen MR) is 110 cm³/mol. The number of nitro benzene ring substituents is 1. The van der Waals surface area contributed by atoms with Gasteiger partial charge in [-0.25, -0.2) is 4.79 Å². The topological polar surface area (TPSA) is 88.4 Å². The number of hydrogen-bond donors (Lipinski definition) is 0. The number of ether oxygens (including phenoxy) is 2. The van der Waals surface area contributed by atoms with Crippen LogP contribution in [0.4, 0.5) is 16.2 Å². The molecular weight excluding hydrogens is 376 g/mol. The lowest BCUT2D eigenvalue weighted by Crippen LogP contribution is -2.57. The second-order valence-electron chi connectivity index (χ2n) is 8.65. The third kappa shape index (κ3) is 5.29. The zero-order valence-electron chi connectivity index (χ0n) is 17.6. The van der Waals surface area contributed by atoms with Crippen molar-refractivity contribution in [3.05, 3.63) is 28.3 Å². The van der Waals surface area contributed by atoms with Crippen molar-refractivity contribution >= 4 is 17.5 Å². The van der Waals surface area contributed by atoms with E-state index in [2.05, 4.69) is 9.80 Å². The van der Waals surface area contributed by atoms with Gasteiger partial charge in [-0.3, -0.25) is 15.0 Å². The van der Waals surface area contributed by atoms with E-state index in [1.165, 1.54) is 13.2 Å². The number of carbonyl (C=O) groups is 1. The minimum absolute atomic E-state index is 0.0191. The van der Waals surface area contributed by atoms with Crippen LogP contribution in [0.3, 0.4) is 0 Å². The Bertz CT molecular complexity index is 750. The van der Waals surface area contributed by atoms with Crippen molar-refractivity contribution in [2.75, 3.05) is 57.8 Å². The molecule has 0 spiro atoms. The van der Waals surface area contributed by atoms with Crippen LogP contribution in [0.5, 0.6) is 5.75 Å². The molecule has 0 bridgehead atoms. The monoisotopic (exact) mass is 406 g/mol. The largest absolute Gasteiger partial charge is 0.490 e. The maximum Gasteiger partial charge on any atom is 0.410 e. The van der Waals surface area contributed by atoms with Gasteiger partial charge in [-0.2, -0.15) is 0 Å². The first kappa shape index (κ1) is 21.2. The molecule has 0 radical (unpaired) electrons. The molecule has 1 amide bonds. The molecule has 0 N–H and O–H groups in total. The molecule has 0 aromatic heterocycles. The van der Waals surface area contributed by atoms with Crippen molar-refractivity contribution in [3.8, 4) is 5.75 Å². The van der Waals surface area contributed by atoms with E-state index in [0.717, 1.165) is 51.5 Å². The number of rotatable bonds is 5. The second kappa shape index (κ2) is 8.44. The number of piperazine rings is 1. The second-order valence-corrected chi connectivity index (χ2v) is 8.65. The van der Waals surface area contributed by atoms with Crippen molar-refractivity contribution in [2.45, 2.75) is 26.4 Å². The van der Waals surface area contributed by atoms with Crippen LogP contribution >= 0.6 is 0 Å². The number of anilines is 1. The van der Waals surface area contributed by atoms with Gasteiger partial charge >= 0.3 is 11.8 Å². The molecule has 2 saturated heterocycles. The summed E-state index contributed by atoms with van der Waals surface area (Å²) in [5.41, 5.74) is 0.459. The molecule has 1 aromatic rings. The molecule has 1 aromatic carbocycles. The summed E-state index contributed by atoms with van der Waals surface area (Å²) >= 11 is 0. The van der Waals surface area contributed by atoms with E-state index in [1.54, 1.807) is 17.0 Å². The van der Waals surface area contributed by atoms with Gasteiger partial charge in [-0.05, 0) is 26.8 Å². The Hall–Kier alpha value is -2.55. The van der Waals surface area contributed by atoms with Crippen LogP contribution in [-0.2, 0) is 4.74 Å². The highest BCUT2D eigenvalue weighted by atomic mass is 16.6. The van der Waals surface area contributed by atoms with Crippen molar-refractivity contribution in [1.82, 2.24) is 9.80 Å². The first-order valence-corrected chi connectivity index (χ1v) is 9.94. The summed E-state index contributed by atoms with van der Waals surface area (Å²) in [7, 11) is 1.45. The average Bonchev–Trinajstić information content (AvgIpc) is 2.62. The summed E-state index contributed by atoms with van der Waals surface area (Å²) in [5.74, 6) is 0.764. The molecule has 2 fully saturated rings. The van der Waals surface area contributed by atoms with Gasteiger partial charge in [0.15, 0.2) is 5.75 Å². The normalized spacial score (nSPS) is 18.3. The van der Waals surface area contributed by atoms with Gasteiger partial charge in [0.05, 0.1) is 12.0 Å². The zero-order valence-corrected chi connectivity index (χ0v) is 17.6. The first-order chi connectivity index (χ1) is 13.7. The number of amides is 1. The highest BCUT2D eigenvalue weighted by Crippen LogP contribution is 2.32. The van der Waals surface area contributed by atoms with Gasteiger partial charge in [0.1, 0.15) is 5.60 Å². The Kier molecular flexibility index (Phi) is 6.16. The SMILES string of the molecule is COc1cc(N2CCN(CC3CN(C(=O)OC(C)(C)C)C3)CC2)ccc1[N+](=O)[O-]. The third-order valence-corrected chi connectivity index (χ3v) is 5.22. The predicted octanol–water partition coefficient (Wildman–Crippen LogP) is 2.59. The molecular formula is C20H30N4O5. The van der Waals surface area contributed by atoms with Gasteiger partial charge in [-0.15, -0.1) is 0 Å². The number of hydrogen-bond acceptors (Lipinski definition) is 7. The molecule has 29 heavy (non-hydrogen) atoms. The molecule has 0 saturated carbocycles. The summed E-state index contributed by atoms with van der Waals surface area (Å²) < 4.78 is 10.6. The zero-order chi connectivity index (χ0) is 21.2. The smallest absolute Gasteiger partial charge is 0.410 e. The van der Waals surface area contributed by atoms with E-state index in [1.807, 2.05) is 20.8 Å². The maximum atomic E-state index is 12.0. The standard InChI is InChI=1S/C20H30N4O5/c1-20(2,3)29-19(25)23-13-15(14-23)12-21-7-9-22(10-8-21)16-5-6-17(24(26)27)18(11-16)28-4/h5-6,11,15H,7-10,12-14H2,1-4H3. The molecule has 2 aliphatic rings. The Morgan fingerprint density at radius 3 is 2.41 bits per heavy atom. The van der Waals surface area contributed by atoms with Crippen LogP contribution in [-0.4, -0.2) is 79.3 Å². The highest BCUT2D eigenvalue weighted by molar-refractivity contribution is 5.69. The molecule has 160 valence electrons. The molecule has 2 aliphatic heterocycles. The van der Waals surface area contributed by atoms with Crippen LogP contribution in [0.2, 0.25) is 0 Å². The van der Waals surface area contributed by atoms with Crippen molar-refractivity contribution in [1.29, 1.82) is 0 Å². The quantitative estimate of drug-likeness (QED) is 0.548. The highest BCUT2D eigenvalue weighted by Gasteiger charge is 2.35. The van der Waals surface area contributed by atoms with E-state index >= 15 is 0 Å². The molecule has 3 rings (SSSR count). The van der Waals surface area contributed by atoms with E-state index in [-0.39, 0.29) is 17.5 Å². The van der Waals surface area contributed by atoms with Crippen LogP contribution < -0.4 is 9.64 Å². The van der Waals surface area contributed by atoms with E-state index in [4.69, 9.17) is 9.47 Å². The van der Waals surface area contributed by atoms with Gasteiger partial charge in [0.2, 0.25) is 0 Å². The van der Waals surface area contributed by atoms with Gasteiger partial charge in [0.25, 0.3) is 0 Å². The van der Waals surface area contributed by atoms with Crippen molar-refractivity contribution < 1.29 is 19.2 Å². The Morgan fingerprint density at radius 1 is 1.21 bits per heavy atom. The van der Waals surface area contributed by atoms with Crippen molar-refractivity contribution in [2.24, 2.45) is 5.92 Å². The van der Waals surface area contributed by atoms with Crippen LogP contribution in [0.1, 0.15) is 20.8 Å². The van der Waals surface area contributed by atoms with Gasteiger partial charge < -0.3 is 19.3 Å². The summed E-state index contributed by atoms with van der Waals surface area (Å²) in [4.78, 5) is 29.0. The molecule has 0 unspecified atom stereocenters. The molecule has 0 aliphatic carbocycles. The lowest BCUT2D eigenvalue weighted by Gasteiger charge is -2.44. The summed E-state index contributed by atoms with van der Waals surface area (Å²) in [6.07, 6.45) is -0.231. The minimum Gasteiger partial charge on any atom is -0.490 e. The lowest BCUT2D eigenvalue weighted by molar-refractivity contribution is -0.385. The third-order valence-electron chi connectivity index (χ3n) is 5.22. The Balaban J connectivity index is 1.45. The summed E-state index contributed by atoms with van der Waals surface area (Å²) in [6, 6.07) is 5.01. The molecule has 9 nitrogen and oxygen atoms in total. The van der Waals surface area contributed by atoms with Crippen LogP contribution in [0.15, 0.2) is 18.2 Å². The number of carbonyl (C=O) groups excluding carboxylic acids is 1. The van der Waals surface area contributed by atoms with Gasteiger partial charge in [-0.1, -0.05) is 0 Å². The van der Waals surface area contributed by atoms with Crippen molar-refractivity contribution in [3.63, 3.8) is 0 Å². The van der Waals surface area contributed by atoms with Crippen LogP contribution in [0.25, 0.3) is 0 Å².